The lowest BCUT2D eigenvalue weighted by atomic mass is 10.4. The van der Waals surface area contributed by atoms with Crippen LogP contribution in [0.5, 0.6) is 0 Å². The fraction of sp³-hybridized carbons (Fsp3) is 0.833. The van der Waals surface area contributed by atoms with E-state index in [-0.39, 0.29) is 5.97 Å². The second-order valence-corrected chi connectivity index (χ2v) is 28.0. The average Bonchev–Trinajstić information content (AvgIpc) is 2.37. The summed E-state index contributed by atoms with van der Waals surface area (Å²) in [6, 6.07) is 3.36. The van der Waals surface area contributed by atoms with Gasteiger partial charge in [-0.15, -0.1) is 0 Å². The number of rotatable bonds is 12. The van der Waals surface area contributed by atoms with E-state index >= 15 is 0 Å². The smallest absolute Gasteiger partial charge is 0.333 e. The SMILES string of the molecule is C=C(C)C(=O)OCCC[Si](C)(C)O[Si](C)(C)CC[Si](C)(C)O[Si](C)(C)C. The van der Waals surface area contributed by atoms with E-state index in [1.807, 2.05) is 0 Å². The van der Waals surface area contributed by atoms with Crippen molar-refractivity contribution < 1.29 is 17.8 Å². The summed E-state index contributed by atoms with van der Waals surface area (Å²) in [5.74, 6) is -0.297. The van der Waals surface area contributed by atoms with E-state index in [0.717, 1.165) is 18.5 Å². The lowest BCUT2D eigenvalue weighted by Gasteiger charge is -2.37. The van der Waals surface area contributed by atoms with Gasteiger partial charge >= 0.3 is 5.97 Å². The molecule has 26 heavy (non-hydrogen) atoms. The van der Waals surface area contributed by atoms with E-state index in [4.69, 9.17) is 13.0 Å². The maximum absolute atomic E-state index is 11.4. The molecular formula is C18H42O4Si4. The minimum atomic E-state index is -1.75. The summed E-state index contributed by atoms with van der Waals surface area (Å²) in [5.41, 5.74) is 0.457. The molecule has 0 rings (SSSR count). The third-order valence-corrected chi connectivity index (χ3v) is 18.0. The van der Waals surface area contributed by atoms with Crippen LogP contribution in [-0.2, 0) is 17.8 Å². The van der Waals surface area contributed by atoms with Crippen LogP contribution in [0.3, 0.4) is 0 Å². The molecule has 0 heterocycles. The minimum Gasteiger partial charge on any atom is -0.462 e. The number of hydrogen-bond donors (Lipinski definition) is 0. The highest BCUT2D eigenvalue weighted by Gasteiger charge is 2.36. The van der Waals surface area contributed by atoms with Crippen molar-refractivity contribution in [1.82, 2.24) is 0 Å². The fourth-order valence-electron chi connectivity index (χ4n) is 3.12. The van der Waals surface area contributed by atoms with Crippen molar-refractivity contribution in [3.05, 3.63) is 12.2 Å². The molecule has 0 saturated heterocycles. The van der Waals surface area contributed by atoms with Crippen molar-refractivity contribution >= 4 is 39.2 Å². The average molecular weight is 435 g/mol. The van der Waals surface area contributed by atoms with Crippen LogP contribution in [0.4, 0.5) is 0 Å². The second-order valence-electron chi connectivity index (χ2n) is 10.1. The molecule has 0 aliphatic rings. The molecule has 0 bridgehead atoms. The highest BCUT2D eigenvalue weighted by molar-refractivity contribution is 6.87. The van der Waals surface area contributed by atoms with Crippen LogP contribution in [0.2, 0.25) is 77.1 Å². The van der Waals surface area contributed by atoms with Crippen LogP contribution < -0.4 is 0 Å². The normalized spacial score (nSPS) is 13.6. The second kappa shape index (κ2) is 9.97. The molecule has 0 aromatic rings. The lowest BCUT2D eigenvalue weighted by molar-refractivity contribution is -0.138. The van der Waals surface area contributed by atoms with Gasteiger partial charge in [-0.05, 0) is 90.4 Å². The van der Waals surface area contributed by atoms with Crippen LogP contribution in [-0.4, -0.2) is 45.8 Å². The zero-order valence-electron chi connectivity index (χ0n) is 18.9. The largest absolute Gasteiger partial charge is 0.462 e. The Morgan fingerprint density at radius 3 is 1.62 bits per heavy atom. The molecule has 4 nitrogen and oxygen atoms in total. The van der Waals surface area contributed by atoms with Crippen LogP contribution in [0.1, 0.15) is 13.3 Å². The summed E-state index contributed by atoms with van der Waals surface area (Å²) in [6.45, 7) is 26.5. The number of ether oxygens (including phenoxy) is 1. The molecular weight excluding hydrogens is 393 g/mol. The molecule has 8 heteroatoms. The predicted molar refractivity (Wildman–Crippen MR) is 123 cm³/mol. The lowest BCUT2D eigenvalue weighted by Crippen LogP contribution is -2.47. The number of esters is 1. The standard InChI is InChI=1S/C18H42O4Si4/c1-17(2)18(19)20-13-12-14-24(6,7)22-26(10,11)16-15-25(8,9)21-23(3,4)5/h1,12-16H2,2-11H3. The van der Waals surface area contributed by atoms with Gasteiger partial charge in [-0.25, -0.2) is 4.79 Å². The van der Waals surface area contributed by atoms with Crippen LogP contribution in [0.15, 0.2) is 12.2 Å². The number of carbonyl (C=O) groups is 1. The Bertz CT molecular complexity index is 482. The Labute approximate surface area is 166 Å². The third kappa shape index (κ3) is 13.2. The summed E-state index contributed by atoms with van der Waals surface area (Å²) in [5, 5.41) is 0. The first-order valence-electron chi connectivity index (χ1n) is 9.68. The molecule has 0 fully saturated rings. The maximum Gasteiger partial charge on any atom is 0.333 e. The fourth-order valence-corrected chi connectivity index (χ4v) is 22.8. The van der Waals surface area contributed by atoms with Crippen LogP contribution in [0.25, 0.3) is 0 Å². The molecule has 0 aliphatic carbocycles. The highest BCUT2D eigenvalue weighted by atomic mass is 28.4. The molecule has 0 N–H and O–H groups in total. The van der Waals surface area contributed by atoms with Crippen LogP contribution in [0, 0.1) is 0 Å². The summed E-state index contributed by atoms with van der Waals surface area (Å²) in [6.07, 6.45) is 0.863. The molecule has 0 saturated carbocycles. The van der Waals surface area contributed by atoms with Gasteiger partial charge in [0.05, 0.1) is 6.61 Å². The van der Waals surface area contributed by atoms with Gasteiger partial charge in [0.15, 0.2) is 33.3 Å². The third-order valence-electron chi connectivity index (χ3n) is 3.97. The summed E-state index contributed by atoms with van der Waals surface area (Å²) >= 11 is 0. The first kappa shape index (κ1) is 26.0. The Kier molecular flexibility index (Phi) is 9.97. The molecule has 154 valence electrons. The highest BCUT2D eigenvalue weighted by Crippen LogP contribution is 2.28. The quantitative estimate of drug-likeness (QED) is 0.164. The zero-order chi connectivity index (χ0) is 20.8. The van der Waals surface area contributed by atoms with E-state index in [0.29, 0.717) is 12.2 Å². The van der Waals surface area contributed by atoms with Gasteiger partial charge < -0.3 is 13.0 Å². The number of carbonyl (C=O) groups excluding carboxylic acids is 1. The Balaban J connectivity index is 4.44. The van der Waals surface area contributed by atoms with E-state index in [1.165, 1.54) is 6.04 Å². The first-order valence-corrected chi connectivity index (χ1v) is 22.4. The van der Waals surface area contributed by atoms with Crippen LogP contribution >= 0.6 is 0 Å². The van der Waals surface area contributed by atoms with Crippen molar-refractivity contribution in [1.29, 1.82) is 0 Å². The van der Waals surface area contributed by atoms with Gasteiger partial charge in [0.25, 0.3) is 0 Å². The van der Waals surface area contributed by atoms with Crippen molar-refractivity contribution in [3.8, 4) is 0 Å². The van der Waals surface area contributed by atoms with E-state index < -0.39 is 33.3 Å². The van der Waals surface area contributed by atoms with Crippen molar-refractivity contribution in [2.45, 2.75) is 90.4 Å². The van der Waals surface area contributed by atoms with Crippen molar-refractivity contribution in [2.24, 2.45) is 0 Å². The molecule has 0 amide bonds. The molecule has 0 atom stereocenters. The van der Waals surface area contributed by atoms with Crippen molar-refractivity contribution in [2.75, 3.05) is 6.61 Å². The van der Waals surface area contributed by atoms with Gasteiger partial charge in [-0.2, -0.15) is 0 Å². The topological polar surface area (TPSA) is 44.8 Å². The predicted octanol–water partition coefficient (Wildman–Crippen LogP) is 5.98. The molecule has 0 aromatic carbocycles. The summed E-state index contributed by atoms with van der Waals surface area (Å²) in [4.78, 5) is 11.4. The number of hydrogen-bond acceptors (Lipinski definition) is 4. The van der Waals surface area contributed by atoms with Gasteiger partial charge in [-0.1, -0.05) is 6.58 Å². The van der Waals surface area contributed by atoms with Gasteiger partial charge in [0.2, 0.25) is 0 Å². The van der Waals surface area contributed by atoms with E-state index in [1.54, 1.807) is 6.92 Å². The van der Waals surface area contributed by atoms with Gasteiger partial charge in [-0.3, -0.25) is 0 Å². The molecule has 0 aromatic heterocycles. The molecule has 0 radical (unpaired) electrons. The monoisotopic (exact) mass is 434 g/mol. The van der Waals surface area contributed by atoms with Crippen molar-refractivity contribution in [3.63, 3.8) is 0 Å². The van der Waals surface area contributed by atoms with E-state index in [9.17, 15) is 4.79 Å². The summed E-state index contributed by atoms with van der Waals surface area (Å²) < 4.78 is 18.4. The Morgan fingerprint density at radius 1 is 0.769 bits per heavy atom. The Morgan fingerprint density at radius 2 is 1.19 bits per heavy atom. The minimum absolute atomic E-state index is 0.297. The van der Waals surface area contributed by atoms with Gasteiger partial charge in [0.1, 0.15) is 0 Å². The summed E-state index contributed by atoms with van der Waals surface area (Å²) in [7, 11) is -6.55. The zero-order valence-corrected chi connectivity index (χ0v) is 22.9. The first-order chi connectivity index (χ1) is 11.4. The Hall–Kier alpha value is -0.00247. The van der Waals surface area contributed by atoms with E-state index in [2.05, 4.69) is 65.5 Å². The van der Waals surface area contributed by atoms with Gasteiger partial charge in [0, 0.05) is 5.57 Å². The molecule has 0 aliphatic heterocycles. The maximum atomic E-state index is 11.4. The molecule has 0 spiro atoms. The molecule has 0 unspecified atom stereocenters.